The third kappa shape index (κ3) is 3.48. The third-order valence-corrected chi connectivity index (χ3v) is 5.43. The number of fused-ring (bicyclic) bond motifs is 1. The third-order valence-electron chi connectivity index (χ3n) is 5.43. The van der Waals surface area contributed by atoms with Gasteiger partial charge in [0, 0.05) is 22.6 Å². The van der Waals surface area contributed by atoms with E-state index in [9.17, 15) is 14.4 Å². The summed E-state index contributed by atoms with van der Waals surface area (Å²) < 4.78 is 6.32. The lowest BCUT2D eigenvalue weighted by Crippen LogP contribution is -2.51. The zero-order valence-corrected chi connectivity index (χ0v) is 16.9. The van der Waals surface area contributed by atoms with Gasteiger partial charge in [-0.25, -0.2) is 4.79 Å². The summed E-state index contributed by atoms with van der Waals surface area (Å²) in [5, 5.41) is 4.27. The van der Waals surface area contributed by atoms with Crippen LogP contribution in [0, 0.1) is 0 Å². The molecule has 2 heterocycles. The van der Waals surface area contributed by atoms with Crippen molar-refractivity contribution >= 4 is 23.6 Å². The van der Waals surface area contributed by atoms with Gasteiger partial charge in [-0.15, -0.1) is 0 Å². The summed E-state index contributed by atoms with van der Waals surface area (Å²) in [6.45, 7) is 0. The number of imide groups is 2. The van der Waals surface area contributed by atoms with Crippen LogP contribution in [0.2, 0.25) is 0 Å². The van der Waals surface area contributed by atoms with Gasteiger partial charge >= 0.3 is 6.03 Å². The van der Waals surface area contributed by atoms with E-state index >= 15 is 0 Å². The highest BCUT2D eigenvalue weighted by atomic mass is 16.5. The molecule has 2 aliphatic heterocycles. The van der Waals surface area contributed by atoms with E-state index in [0.29, 0.717) is 17.1 Å². The molecule has 3 aromatic rings. The number of para-hydroxylation sites is 1. The highest BCUT2D eigenvalue weighted by Gasteiger charge is 2.34. The van der Waals surface area contributed by atoms with Gasteiger partial charge in [0.05, 0.1) is 0 Å². The maximum Gasteiger partial charge on any atom is 0.328 e. The van der Waals surface area contributed by atoms with Crippen molar-refractivity contribution in [1.29, 1.82) is 0 Å². The summed E-state index contributed by atoms with van der Waals surface area (Å²) in [5.74, 6) is -0.533. The van der Waals surface area contributed by atoms with Gasteiger partial charge in [0.25, 0.3) is 11.8 Å². The average molecular weight is 422 g/mol. The first-order chi connectivity index (χ1) is 15.6. The zero-order chi connectivity index (χ0) is 22.1. The maximum atomic E-state index is 12.5. The van der Waals surface area contributed by atoms with Crippen LogP contribution in [0.5, 0.6) is 5.75 Å². The van der Waals surface area contributed by atoms with Crippen LogP contribution in [0.15, 0.2) is 102 Å². The van der Waals surface area contributed by atoms with Crippen molar-refractivity contribution in [2.75, 3.05) is 0 Å². The largest absolute Gasteiger partial charge is 0.456 e. The van der Waals surface area contributed by atoms with Crippen molar-refractivity contribution in [3.63, 3.8) is 0 Å². The number of carbonyl (C=O) groups excluding carboxylic acids is 3. The molecule has 0 bridgehead atoms. The van der Waals surface area contributed by atoms with Crippen LogP contribution in [0.25, 0.3) is 5.76 Å². The van der Waals surface area contributed by atoms with Crippen LogP contribution in [0.4, 0.5) is 4.79 Å². The lowest BCUT2D eigenvalue weighted by Gasteiger charge is -2.30. The Balaban J connectivity index is 1.78. The van der Waals surface area contributed by atoms with E-state index in [2.05, 4.69) is 10.6 Å². The standard InChI is InChI=1S/C26H18N2O4/c29-24-20(25(30)28-26(31)27-24)15-19-22(16-9-3-1-4-10-16)18-13-7-8-14-21(18)32-23(19)17-11-5-2-6-12-17/h1-15,22H,(H2,27,28,29,30,31)/t22-/m1/s1. The fourth-order valence-corrected chi connectivity index (χ4v) is 4.01. The minimum Gasteiger partial charge on any atom is -0.456 e. The van der Waals surface area contributed by atoms with Crippen molar-refractivity contribution in [1.82, 2.24) is 10.6 Å². The van der Waals surface area contributed by atoms with Gasteiger partial charge in [-0.05, 0) is 17.7 Å². The molecule has 156 valence electrons. The van der Waals surface area contributed by atoms with Gasteiger partial charge in [-0.3, -0.25) is 20.2 Å². The van der Waals surface area contributed by atoms with E-state index in [1.165, 1.54) is 6.08 Å². The summed E-state index contributed by atoms with van der Waals surface area (Å²) in [6, 6.07) is 26.2. The number of benzene rings is 3. The van der Waals surface area contributed by atoms with E-state index in [1.54, 1.807) is 0 Å². The average Bonchev–Trinajstić information content (AvgIpc) is 2.81. The fourth-order valence-electron chi connectivity index (χ4n) is 4.01. The van der Waals surface area contributed by atoms with E-state index in [4.69, 9.17) is 4.74 Å². The molecular formula is C26H18N2O4. The molecular weight excluding hydrogens is 404 g/mol. The molecule has 6 heteroatoms. The number of carbonyl (C=O) groups is 3. The molecule has 1 atom stereocenters. The summed E-state index contributed by atoms with van der Waals surface area (Å²) >= 11 is 0. The first-order valence-electron chi connectivity index (χ1n) is 10.1. The van der Waals surface area contributed by atoms with Crippen molar-refractivity contribution in [3.8, 4) is 5.75 Å². The minimum atomic E-state index is -0.834. The number of hydrogen-bond donors (Lipinski definition) is 2. The molecule has 0 unspecified atom stereocenters. The van der Waals surface area contributed by atoms with Gasteiger partial charge in [0.2, 0.25) is 0 Å². The SMILES string of the molecule is O=C1NC(=O)C(=CC2=C(c3ccccc3)Oc3ccccc3[C@H]2c2ccccc2)C(=O)N1. The molecule has 0 aromatic heterocycles. The second-order valence-electron chi connectivity index (χ2n) is 7.43. The van der Waals surface area contributed by atoms with Crippen molar-refractivity contribution in [2.24, 2.45) is 0 Å². The van der Waals surface area contributed by atoms with Gasteiger partial charge in [-0.1, -0.05) is 78.9 Å². The van der Waals surface area contributed by atoms with Crippen LogP contribution in [0.1, 0.15) is 22.6 Å². The molecule has 3 aromatic carbocycles. The molecule has 0 radical (unpaired) electrons. The topological polar surface area (TPSA) is 84.5 Å². The Labute approximate surface area is 184 Å². The fraction of sp³-hybridized carbons (Fsp3) is 0.0385. The van der Waals surface area contributed by atoms with Crippen molar-refractivity contribution in [3.05, 3.63) is 119 Å². The predicted octanol–water partition coefficient (Wildman–Crippen LogP) is 3.91. The number of amides is 4. The smallest absolute Gasteiger partial charge is 0.328 e. The molecule has 1 saturated heterocycles. The Hall–Kier alpha value is -4.45. The minimum absolute atomic E-state index is 0.156. The Morgan fingerprint density at radius 2 is 1.31 bits per heavy atom. The molecule has 0 spiro atoms. The second-order valence-corrected chi connectivity index (χ2v) is 7.43. The van der Waals surface area contributed by atoms with Crippen LogP contribution in [0.3, 0.4) is 0 Å². The van der Waals surface area contributed by atoms with E-state index in [-0.39, 0.29) is 11.5 Å². The van der Waals surface area contributed by atoms with Gasteiger partial charge in [0.1, 0.15) is 17.1 Å². The Bertz CT molecular complexity index is 1270. The number of urea groups is 1. The number of hydrogen-bond acceptors (Lipinski definition) is 4. The van der Waals surface area contributed by atoms with Gasteiger partial charge in [0.15, 0.2) is 0 Å². The van der Waals surface area contributed by atoms with E-state index in [0.717, 1.165) is 16.7 Å². The Morgan fingerprint density at radius 3 is 2.00 bits per heavy atom. The highest BCUT2D eigenvalue weighted by molar-refractivity contribution is 6.29. The molecule has 0 saturated carbocycles. The number of nitrogens with one attached hydrogen (secondary N) is 2. The van der Waals surface area contributed by atoms with E-state index in [1.807, 2.05) is 84.9 Å². The van der Waals surface area contributed by atoms with E-state index < -0.39 is 17.8 Å². The second kappa shape index (κ2) is 8.00. The van der Waals surface area contributed by atoms with Crippen LogP contribution in [-0.2, 0) is 9.59 Å². The first-order valence-corrected chi connectivity index (χ1v) is 10.1. The Kier molecular flexibility index (Phi) is 4.88. The molecule has 0 aliphatic carbocycles. The molecule has 2 aliphatic rings. The summed E-state index contributed by atoms with van der Waals surface area (Å²) in [6.07, 6.45) is 1.52. The molecule has 6 nitrogen and oxygen atoms in total. The Morgan fingerprint density at radius 1 is 0.719 bits per heavy atom. The summed E-state index contributed by atoms with van der Waals surface area (Å²) in [4.78, 5) is 36.5. The molecule has 4 amide bonds. The number of rotatable bonds is 3. The van der Waals surface area contributed by atoms with Gasteiger partial charge in [-0.2, -0.15) is 0 Å². The maximum absolute atomic E-state index is 12.5. The van der Waals surface area contributed by atoms with Gasteiger partial charge < -0.3 is 4.74 Å². The van der Waals surface area contributed by atoms with Crippen LogP contribution >= 0.6 is 0 Å². The van der Waals surface area contributed by atoms with Crippen molar-refractivity contribution in [2.45, 2.75) is 5.92 Å². The molecule has 1 fully saturated rings. The molecule has 2 N–H and O–H groups in total. The quantitative estimate of drug-likeness (QED) is 0.495. The lowest BCUT2D eigenvalue weighted by molar-refractivity contribution is -0.124. The lowest BCUT2D eigenvalue weighted by atomic mass is 9.80. The number of barbiturate groups is 1. The number of ether oxygens (including phenoxy) is 1. The predicted molar refractivity (Wildman–Crippen MR) is 118 cm³/mol. The monoisotopic (exact) mass is 422 g/mol. The summed E-state index contributed by atoms with van der Waals surface area (Å²) in [5.41, 5.74) is 3.20. The zero-order valence-electron chi connectivity index (χ0n) is 16.9. The first kappa shape index (κ1) is 19.5. The summed E-state index contributed by atoms with van der Waals surface area (Å²) in [7, 11) is 0. The normalized spacial score (nSPS) is 17.8. The number of allylic oxidation sites excluding steroid dienone is 2. The van der Waals surface area contributed by atoms with Crippen LogP contribution in [-0.4, -0.2) is 17.8 Å². The van der Waals surface area contributed by atoms with Crippen molar-refractivity contribution < 1.29 is 19.1 Å². The van der Waals surface area contributed by atoms with Crippen LogP contribution < -0.4 is 15.4 Å². The molecule has 5 rings (SSSR count). The molecule has 32 heavy (non-hydrogen) atoms. The highest BCUT2D eigenvalue weighted by Crippen LogP contribution is 2.46.